The van der Waals surface area contributed by atoms with Gasteiger partial charge in [-0.3, -0.25) is 4.79 Å². The molecular formula is C20H27NO5S. The molecule has 1 aromatic rings. The zero-order chi connectivity index (χ0) is 19.6. The molecule has 27 heavy (non-hydrogen) atoms. The zero-order valence-corrected chi connectivity index (χ0v) is 16.8. The van der Waals surface area contributed by atoms with E-state index in [0.717, 1.165) is 36.8 Å². The van der Waals surface area contributed by atoms with Crippen LogP contribution < -0.4 is 0 Å². The summed E-state index contributed by atoms with van der Waals surface area (Å²) in [6.45, 7) is 3.43. The summed E-state index contributed by atoms with van der Waals surface area (Å²) in [5, 5.41) is 0. The first-order valence-electron chi connectivity index (χ1n) is 9.53. The number of aryl methyl sites for hydroxylation is 2. The van der Waals surface area contributed by atoms with Crippen LogP contribution in [0.3, 0.4) is 0 Å². The number of esters is 1. The van der Waals surface area contributed by atoms with Gasteiger partial charge in [0.2, 0.25) is 0 Å². The minimum absolute atomic E-state index is 0.0141. The smallest absolute Gasteiger partial charge is 0.338 e. The monoisotopic (exact) mass is 393 g/mol. The molecule has 1 aromatic carbocycles. The molecule has 0 spiro atoms. The van der Waals surface area contributed by atoms with E-state index in [0.29, 0.717) is 12.0 Å². The van der Waals surface area contributed by atoms with Gasteiger partial charge in [0.25, 0.3) is 5.91 Å². The van der Waals surface area contributed by atoms with Gasteiger partial charge < -0.3 is 9.64 Å². The van der Waals surface area contributed by atoms with Crippen LogP contribution in [0.4, 0.5) is 0 Å². The molecule has 1 atom stereocenters. The molecule has 0 N–H and O–H groups in total. The summed E-state index contributed by atoms with van der Waals surface area (Å²) in [5.74, 6) is -0.676. The van der Waals surface area contributed by atoms with Crippen LogP contribution in [-0.4, -0.2) is 55.4 Å². The molecule has 1 heterocycles. The molecule has 0 unspecified atom stereocenters. The number of sulfone groups is 1. The highest BCUT2D eigenvalue weighted by Crippen LogP contribution is 2.29. The lowest BCUT2D eigenvalue weighted by Crippen LogP contribution is -2.48. The van der Waals surface area contributed by atoms with E-state index in [-0.39, 0.29) is 36.1 Å². The Balaban J connectivity index is 1.68. The Labute approximate surface area is 160 Å². The van der Waals surface area contributed by atoms with Crippen molar-refractivity contribution in [3.05, 3.63) is 34.9 Å². The van der Waals surface area contributed by atoms with Crippen LogP contribution in [0, 0.1) is 13.8 Å². The van der Waals surface area contributed by atoms with E-state index in [1.807, 2.05) is 26.0 Å². The molecule has 1 aliphatic carbocycles. The van der Waals surface area contributed by atoms with Gasteiger partial charge in [-0.25, -0.2) is 13.2 Å². The van der Waals surface area contributed by atoms with Gasteiger partial charge in [0.15, 0.2) is 16.4 Å². The maximum atomic E-state index is 12.9. The molecule has 1 aliphatic heterocycles. The highest BCUT2D eigenvalue weighted by Gasteiger charge is 2.39. The van der Waals surface area contributed by atoms with Crippen LogP contribution >= 0.6 is 0 Å². The highest BCUT2D eigenvalue weighted by atomic mass is 32.2. The van der Waals surface area contributed by atoms with E-state index >= 15 is 0 Å². The minimum atomic E-state index is -3.09. The largest absolute Gasteiger partial charge is 0.452 e. The van der Waals surface area contributed by atoms with Gasteiger partial charge >= 0.3 is 5.97 Å². The van der Waals surface area contributed by atoms with Gasteiger partial charge in [0.05, 0.1) is 17.1 Å². The van der Waals surface area contributed by atoms with Crippen molar-refractivity contribution in [3.63, 3.8) is 0 Å². The maximum Gasteiger partial charge on any atom is 0.338 e. The number of amides is 1. The topological polar surface area (TPSA) is 80.8 Å². The van der Waals surface area contributed by atoms with Crippen molar-refractivity contribution in [2.24, 2.45) is 0 Å². The lowest BCUT2D eigenvalue weighted by Gasteiger charge is -2.33. The molecule has 6 nitrogen and oxygen atoms in total. The second-order valence-electron chi connectivity index (χ2n) is 7.69. The summed E-state index contributed by atoms with van der Waals surface area (Å²) in [5.41, 5.74) is 2.31. The van der Waals surface area contributed by atoms with Crippen molar-refractivity contribution < 1.29 is 22.7 Å². The van der Waals surface area contributed by atoms with Gasteiger partial charge in [-0.05, 0) is 44.7 Å². The molecule has 7 heteroatoms. The number of carbonyl (C=O) groups is 2. The van der Waals surface area contributed by atoms with E-state index in [4.69, 9.17) is 4.74 Å². The molecular weight excluding hydrogens is 366 g/mol. The molecule has 0 aromatic heterocycles. The van der Waals surface area contributed by atoms with Gasteiger partial charge in [-0.15, -0.1) is 0 Å². The molecule has 1 saturated heterocycles. The molecule has 2 aliphatic rings. The zero-order valence-electron chi connectivity index (χ0n) is 15.9. The number of benzene rings is 1. The predicted octanol–water partition coefficient (Wildman–Crippen LogP) is 2.42. The Hall–Kier alpha value is -1.89. The van der Waals surface area contributed by atoms with Crippen LogP contribution in [0.15, 0.2) is 18.2 Å². The van der Waals surface area contributed by atoms with Crippen molar-refractivity contribution in [3.8, 4) is 0 Å². The van der Waals surface area contributed by atoms with E-state index in [2.05, 4.69) is 0 Å². The number of ether oxygens (including phenoxy) is 1. The average Bonchev–Trinajstić information content (AvgIpc) is 3.23. The van der Waals surface area contributed by atoms with Crippen molar-refractivity contribution in [1.29, 1.82) is 0 Å². The lowest BCUT2D eigenvalue weighted by atomic mass is 10.1. The second kappa shape index (κ2) is 8.00. The summed E-state index contributed by atoms with van der Waals surface area (Å²) in [6, 6.07) is 5.18. The Morgan fingerprint density at radius 3 is 2.41 bits per heavy atom. The van der Waals surface area contributed by atoms with Gasteiger partial charge in [0, 0.05) is 12.1 Å². The molecule has 2 fully saturated rings. The van der Waals surface area contributed by atoms with Crippen LogP contribution in [0.5, 0.6) is 0 Å². The van der Waals surface area contributed by atoms with Gasteiger partial charge in [0.1, 0.15) is 0 Å². The number of nitrogens with zero attached hydrogens (tertiary/aromatic N) is 1. The fraction of sp³-hybridized carbons (Fsp3) is 0.600. The Morgan fingerprint density at radius 2 is 1.81 bits per heavy atom. The first kappa shape index (κ1) is 19.9. The predicted molar refractivity (Wildman–Crippen MR) is 102 cm³/mol. The number of hydrogen-bond donors (Lipinski definition) is 0. The first-order chi connectivity index (χ1) is 12.8. The third-order valence-corrected chi connectivity index (χ3v) is 7.29. The second-order valence-corrected chi connectivity index (χ2v) is 9.92. The van der Waals surface area contributed by atoms with Crippen molar-refractivity contribution in [2.75, 3.05) is 18.1 Å². The number of rotatable bonds is 5. The quantitative estimate of drug-likeness (QED) is 0.718. The Bertz CT molecular complexity index is 827. The third kappa shape index (κ3) is 4.69. The Kier molecular flexibility index (Phi) is 5.89. The van der Waals surface area contributed by atoms with E-state index < -0.39 is 15.8 Å². The summed E-state index contributed by atoms with van der Waals surface area (Å²) in [4.78, 5) is 26.9. The van der Waals surface area contributed by atoms with Crippen LogP contribution in [-0.2, 0) is 19.4 Å². The molecule has 0 bridgehead atoms. The average molecular weight is 394 g/mol. The maximum absolute atomic E-state index is 12.9. The summed E-state index contributed by atoms with van der Waals surface area (Å²) < 4.78 is 29.0. The molecule has 148 valence electrons. The van der Waals surface area contributed by atoms with Crippen LogP contribution in [0.25, 0.3) is 0 Å². The number of carbonyl (C=O) groups excluding carboxylic acids is 2. The Morgan fingerprint density at radius 1 is 1.11 bits per heavy atom. The van der Waals surface area contributed by atoms with Crippen LogP contribution in [0.1, 0.15) is 53.6 Å². The molecule has 0 radical (unpaired) electrons. The third-order valence-electron chi connectivity index (χ3n) is 5.54. The summed E-state index contributed by atoms with van der Waals surface area (Å²) in [6.07, 6.45) is 4.31. The molecule has 3 rings (SSSR count). The lowest BCUT2D eigenvalue weighted by molar-refractivity contribution is -0.139. The van der Waals surface area contributed by atoms with Crippen molar-refractivity contribution in [1.82, 2.24) is 4.90 Å². The molecule has 1 saturated carbocycles. The van der Waals surface area contributed by atoms with E-state index in [1.165, 1.54) is 0 Å². The fourth-order valence-electron chi connectivity index (χ4n) is 4.20. The van der Waals surface area contributed by atoms with Crippen LogP contribution in [0.2, 0.25) is 0 Å². The minimum Gasteiger partial charge on any atom is -0.452 e. The molecule has 1 amide bonds. The summed E-state index contributed by atoms with van der Waals surface area (Å²) >= 11 is 0. The van der Waals surface area contributed by atoms with Gasteiger partial charge in [-0.1, -0.05) is 30.5 Å². The van der Waals surface area contributed by atoms with Crippen molar-refractivity contribution >= 4 is 21.7 Å². The van der Waals surface area contributed by atoms with Gasteiger partial charge in [-0.2, -0.15) is 0 Å². The SMILES string of the molecule is Cc1ccc(C(=O)OCC(=O)N(C2CCCC2)[C@H]2CCS(=O)(=O)C2)c(C)c1. The van der Waals surface area contributed by atoms with Crippen molar-refractivity contribution in [2.45, 2.75) is 58.0 Å². The van der Waals surface area contributed by atoms with E-state index in [9.17, 15) is 18.0 Å². The first-order valence-corrected chi connectivity index (χ1v) is 11.3. The number of hydrogen-bond acceptors (Lipinski definition) is 5. The normalized spacial score (nSPS) is 21.9. The standard InChI is InChI=1S/C20H27NO5S/c1-14-7-8-18(15(2)11-14)20(23)26-12-19(22)21(16-5-3-4-6-16)17-9-10-27(24,25)13-17/h7-8,11,16-17H,3-6,9-10,12-13H2,1-2H3/t17-/m0/s1. The highest BCUT2D eigenvalue weighted by molar-refractivity contribution is 7.91. The van der Waals surface area contributed by atoms with E-state index in [1.54, 1.807) is 11.0 Å². The summed E-state index contributed by atoms with van der Waals surface area (Å²) in [7, 11) is -3.09. The fourth-order valence-corrected chi connectivity index (χ4v) is 5.92.